The van der Waals surface area contributed by atoms with Gasteiger partial charge < -0.3 is 18.6 Å². The Morgan fingerprint density at radius 1 is 1.19 bits per heavy atom. The van der Waals surface area contributed by atoms with Crippen LogP contribution in [0.15, 0.2) is 12.2 Å². The van der Waals surface area contributed by atoms with E-state index in [2.05, 4.69) is 45.9 Å². The second-order valence-corrected chi connectivity index (χ2v) is 13.7. The number of ether oxygens (including phenoxy) is 3. The summed E-state index contributed by atoms with van der Waals surface area (Å²) in [6.07, 6.45) is 14.0. The highest BCUT2D eigenvalue weighted by Gasteiger charge is 2.42. The van der Waals surface area contributed by atoms with E-state index >= 15 is 0 Å². The smallest absolute Gasteiger partial charge is 0.192 e. The first-order chi connectivity index (χ1) is 12.7. The SMILES string of the molecule is C#C/C=C/C[C@H](O[Si](C)(C)C(C)(C)C)[C@@H]1CCC[C@H]1COCOCCOC. The van der Waals surface area contributed by atoms with E-state index < -0.39 is 8.32 Å². The van der Waals surface area contributed by atoms with Crippen LogP contribution in [0.2, 0.25) is 18.1 Å². The Bertz CT molecular complexity index is 476. The molecule has 0 aromatic heterocycles. The maximum absolute atomic E-state index is 6.84. The van der Waals surface area contributed by atoms with Gasteiger partial charge in [-0.3, -0.25) is 0 Å². The summed E-state index contributed by atoms with van der Waals surface area (Å²) in [5, 5.41) is 0.195. The van der Waals surface area contributed by atoms with Gasteiger partial charge in [-0.1, -0.05) is 39.2 Å². The van der Waals surface area contributed by atoms with Crippen LogP contribution in [0.4, 0.5) is 0 Å². The van der Waals surface area contributed by atoms with Crippen molar-refractivity contribution in [2.24, 2.45) is 11.8 Å². The molecule has 156 valence electrons. The predicted molar refractivity (Wildman–Crippen MR) is 114 cm³/mol. The molecule has 0 heterocycles. The van der Waals surface area contributed by atoms with E-state index in [4.69, 9.17) is 25.1 Å². The quantitative estimate of drug-likeness (QED) is 0.201. The van der Waals surface area contributed by atoms with Crippen molar-refractivity contribution in [2.75, 3.05) is 33.7 Å². The predicted octanol–water partition coefficient (Wildman–Crippen LogP) is 5.01. The summed E-state index contributed by atoms with van der Waals surface area (Å²) < 4.78 is 23.0. The van der Waals surface area contributed by atoms with Gasteiger partial charge >= 0.3 is 0 Å². The van der Waals surface area contributed by atoms with Crippen molar-refractivity contribution in [3.05, 3.63) is 12.2 Å². The first-order valence-corrected chi connectivity index (χ1v) is 13.1. The van der Waals surface area contributed by atoms with Crippen LogP contribution in [0.5, 0.6) is 0 Å². The van der Waals surface area contributed by atoms with E-state index in [0.29, 0.717) is 31.8 Å². The first kappa shape index (κ1) is 24.4. The highest BCUT2D eigenvalue weighted by Crippen LogP contribution is 2.42. The van der Waals surface area contributed by atoms with Crippen LogP contribution in [0.3, 0.4) is 0 Å². The first-order valence-electron chi connectivity index (χ1n) is 10.2. The molecule has 5 heteroatoms. The fraction of sp³-hybridized carbons (Fsp3) is 0.818. The third kappa shape index (κ3) is 8.49. The minimum absolute atomic E-state index is 0.195. The van der Waals surface area contributed by atoms with Gasteiger partial charge in [0, 0.05) is 7.11 Å². The molecule has 1 aliphatic rings. The van der Waals surface area contributed by atoms with Crippen LogP contribution in [0.25, 0.3) is 0 Å². The monoisotopic (exact) mass is 396 g/mol. The molecular formula is C22H40O4Si. The molecule has 1 saturated carbocycles. The Morgan fingerprint density at radius 2 is 1.93 bits per heavy atom. The average molecular weight is 397 g/mol. The van der Waals surface area contributed by atoms with E-state index in [1.54, 1.807) is 13.2 Å². The van der Waals surface area contributed by atoms with Crippen molar-refractivity contribution < 1.29 is 18.6 Å². The molecule has 1 fully saturated rings. The molecule has 27 heavy (non-hydrogen) atoms. The lowest BCUT2D eigenvalue weighted by molar-refractivity contribution is -0.0817. The van der Waals surface area contributed by atoms with Crippen LogP contribution < -0.4 is 0 Å². The number of hydrogen-bond acceptors (Lipinski definition) is 4. The number of allylic oxidation sites excluding steroid dienone is 1. The Morgan fingerprint density at radius 3 is 2.56 bits per heavy atom. The lowest BCUT2D eigenvalue weighted by atomic mass is 9.89. The summed E-state index contributed by atoms with van der Waals surface area (Å²) in [7, 11) is -0.172. The molecule has 3 atom stereocenters. The normalized spacial score (nSPS) is 22.3. The zero-order valence-corrected chi connectivity index (χ0v) is 19.3. The second kappa shape index (κ2) is 12.0. The van der Waals surface area contributed by atoms with Gasteiger partial charge in [0.1, 0.15) is 6.79 Å². The lowest BCUT2D eigenvalue weighted by Gasteiger charge is -2.41. The maximum atomic E-state index is 6.84. The summed E-state index contributed by atoms with van der Waals surface area (Å²) in [5.41, 5.74) is 0. The molecule has 0 aromatic carbocycles. The molecule has 0 aliphatic heterocycles. The third-order valence-electron chi connectivity index (χ3n) is 5.96. The van der Waals surface area contributed by atoms with Crippen molar-refractivity contribution in [3.63, 3.8) is 0 Å². The van der Waals surface area contributed by atoms with Gasteiger partial charge in [0.25, 0.3) is 0 Å². The topological polar surface area (TPSA) is 36.9 Å². The van der Waals surface area contributed by atoms with E-state index in [1.165, 1.54) is 19.3 Å². The summed E-state index contributed by atoms with van der Waals surface area (Å²) in [6.45, 7) is 13.8. The number of methoxy groups -OCH3 is 1. The summed E-state index contributed by atoms with van der Waals surface area (Å²) in [4.78, 5) is 0. The van der Waals surface area contributed by atoms with Gasteiger partial charge in [-0.25, -0.2) is 0 Å². The van der Waals surface area contributed by atoms with Crippen molar-refractivity contribution in [1.29, 1.82) is 0 Å². The highest BCUT2D eigenvalue weighted by atomic mass is 28.4. The molecule has 0 N–H and O–H groups in total. The van der Waals surface area contributed by atoms with Crippen molar-refractivity contribution >= 4 is 8.32 Å². The Balaban J connectivity index is 2.69. The van der Waals surface area contributed by atoms with E-state index in [-0.39, 0.29) is 11.1 Å². The molecule has 0 aromatic rings. The van der Waals surface area contributed by atoms with Gasteiger partial charge in [-0.2, -0.15) is 0 Å². The van der Waals surface area contributed by atoms with E-state index in [1.807, 2.05) is 0 Å². The zero-order valence-electron chi connectivity index (χ0n) is 18.3. The molecule has 0 bridgehead atoms. The van der Waals surface area contributed by atoms with Crippen LogP contribution in [0.1, 0.15) is 46.5 Å². The minimum atomic E-state index is -1.84. The van der Waals surface area contributed by atoms with E-state index in [0.717, 1.165) is 13.0 Å². The number of terminal acetylenes is 1. The average Bonchev–Trinajstić information content (AvgIpc) is 3.04. The third-order valence-corrected chi connectivity index (χ3v) is 10.5. The fourth-order valence-corrected chi connectivity index (χ4v) is 4.74. The molecule has 1 rings (SSSR count). The molecule has 0 unspecified atom stereocenters. The van der Waals surface area contributed by atoms with Gasteiger partial charge in [0.15, 0.2) is 8.32 Å². The van der Waals surface area contributed by atoms with Gasteiger partial charge in [-0.05, 0) is 55.3 Å². The maximum Gasteiger partial charge on any atom is 0.192 e. The summed E-state index contributed by atoms with van der Waals surface area (Å²) in [6, 6.07) is 0. The Labute approximate surface area is 168 Å². The zero-order chi connectivity index (χ0) is 20.3. The van der Waals surface area contributed by atoms with Crippen LogP contribution in [-0.2, 0) is 18.6 Å². The Hall–Kier alpha value is -0.643. The number of hydrogen-bond donors (Lipinski definition) is 0. The fourth-order valence-electron chi connectivity index (χ4n) is 3.36. The lowest BCUT2D eigenvalue weighted by Crippen LogP contribution is -2.46. The highest BCUT2D eigenvalue weighted by molar-refractivity contribution is 6.74. The van der Waals surface area contributed by atoms with Gasteiger partial charge in [0.2, 0.25) is 0 Å². The molecule has 0 saturated heterocycles. The van der Waals surface area contributed by atoms with E-state index in [9.17, 15) is 0 Å². The largest absolute Gasteiger partial charge is 0.413 e. The molecule has 0 spiro atoms. The van der Waals surface area contributed by atoms with Gasteiger partial charge in [0.05, 0.1) is 25.9 Å². The molecule has 0 radical (unpaired) electrons. The van der Waals surface area contributed by atoms with Crippen LogP contribution >= 0.6 is 0 Å². The van der Waals surface area contributed by atoms with Crippen molar-refractivity contribution in [3.8, 4) is 12.3 Å². The molecular weight excluding hydrogens is 356 g/mol. The molecule has 1 aliphatic carbocycles. The van der Waals surface area contributed by atoms with Crippen molar-refractivity contribution in [1.82, 2.24) is 0 Å². The second-order valence-electron chi connectivity index (χ2n) is 8.97. The van der Waals surface area contributed by atoms with Gasteiger partial charge in [-0.15, -0.1) is 6.42 Å². The number of rotatable bonds is 12. The minimum Gasteiger partial charge on any atom is -0.413 e. The van der Waals surface area contributed by atoms with Crippen LogP contribution in [0, 0.1) is 24.2 Å². The summed E-state index contributed by atoms with van der Waals surface area (Å²) >= 11 is 0. The van der Waals surface area contributed by atoms with Crippen LogP contribution in [-0.4, -0.2) is 48.1 Å². The summed E-state index contributed by atoms with van der Waals surface area (Å²) in [5.74, 6) is 3.63. The Kier molecular flexibility index (Phi) is 10.9. The molecule has 4 nitrogen and oxygen atoms in total. The van der Waals surface area contributed by atoms with Crippen molar-refractivity contribution in [2.45, 2.75) is 70.7 Å². The molecule has 0 amide bonds. The standard InChI is InChI=1S/C22H40O4Si/c1-8-9-10-14-21(26-27(6,7)22(2,3)4)20-13-11-12-19(20)17-25-18-24-16-15-23-5/h1,9-10,19-21H,11-18H2,2-7H3/b10-9+/t19-,20+,21-/m0/s1.